The van der Waals surface area contributed by atoms with Gasteiger partial charge in [-0.05, 0) is 48.1 Å². The first-order valence-electron chi connectivity index (χ1n) is 11.6. The van der Waals surface area contributed by atoms with Gasteiger partial charge >= 0.3 is 0 Å². The average molecular weight is 417 g/mol. The fourth-order valence-electron chi connectivity index (χ4n) is 4.62. The van der Waals surface area contributed by atoms with Crippen LogP contribution in [0.15, 0.2) is 42.5 Å². The SMILES string of the molecule is CCCCCCCCC(c1ccc(-c2ccc(F)c(F)c2)cc1)C(CC)(CC)OC. The van der Waals surface area contributed by atoms with Crippen molar-refractivity contribution in [1.29, 1.82) is 0 Å². The van der Waals surface area contributed by atoms with Crippen molar-refractivity contribution in [2.24, 2.45) is 0 Å². The molecule has 0 fully saturated rings. The van der Waals surface area contributed by atoms with Crippen molar-refractivity contribution < 1.29 is 13.5 Å². The largest absolute Gasteiger partial charge is 0.378 e. The molecule has 1 nitrogen and oxygen atoms in total. The molecule has 1 atom stereocenters. The van der Waals surface area contributed by atoms with Gasteiger partial charge in [0.1, 0.15) is 0 Å². The molecule has 2 aromatic rings. The van der Waals surface area contributed by atoms with Crippen molar-refractivity contribution in [3.63, 3.8) is 0 Å². The highest BCUT2D eigenvalue weighted by Crippen LogP contribution is 2.41. The molecule has 3 heteroatoms. The summed E-state index contributed by atoms with van der Waals surface area (Å²) in [5.74, 6) is -1.30. The fourth-order valence-corrected chi connectivity index (χ4v) is 4.62. The van der Waals surface area contributed by atoms with Crippen LogP contribution in [0, 0.1) is 11.6 Å². The number of hydrogen-bond donors (Lipinski definition) is 0. The van der Waals surface area contributed by atoms with Gasteiger partial charge in [-0.25, -0.2) is 8.78 Å². The summed E-state index contributed by atoms with van der Waals surface area (Å²) < 4.78 is 33.0. The van der Waals surface area contributed by atoms with Crippen LogP contribution >= 0.6 is 0 Å². The smallest absolute Gasteiger partial charge is 0.159 e. The second kappa shape index (κ2) is 12.2. The molecule has 30 heavy (non-hydrogen) atoms. The van der Waals surface area contributed by atoms with E-state index < -0.39 is 11.6 Å². The van der Waals surface area contributed by atoms with Crippen molar-refractivity contribution in [3.05, 3.63) is 59.7 Å². The number of rotatable bonds is 13. The molecule has 2 aromatic carbocycles. The number of methoxy groups -OCH3 is 1. The first kappa shape index (κ1) is 24.5. The lowest BCUT2D eigenvalue weighted by Crippen LogP contribution is -2.37. The minimum absolute atomic E-state index is 0.174. The first-order valence-corrected chi connectivity index (χ1v) is 11.6. The van der Waals surface area contributed by atoms with Crippen molar-refractivity contribution in [1.82, 2.24) is 0 Å². The molecule has 0 heterocycles. The molecule has 0 radical (unpaired) electrons. The summed E-state index contributed by atoms with van der Waals surface area (Å²) in [6.07, 6.45) is 10.7. The predicted octanol–water partition coefficient (Wildman–Crippen LogP) is 8.67. The van der Waals surface area contributed by atoms with E-state index in [1.54, 1.807) is 6.07 Å². The molecule has 0 N–H and O–H groups in total. The number of benzene rings is 2. The van der Waals surface area contributed by atoms with E-state index in [2.05, 4.69) is 32.9 Å². The van der Waals surface area contributed by atoms with Gasteiger partial charge in [0.05, 0.1) is 5.60 Å². The molecule has 0 spiro atoms. The van der Waals surface area contributed by atoms with Crippen LogP contribution in [0.2, 0.25) is 0 Å². The Labute approximate surface area is 181 Å². The molecular weight excluding hydrogens is 378 g/mol. The lowest BCUT2D eigenvalue weighted by atomic mass is 9.75. The highest BCUT2D eigenvalue weighted by molar-refractivity contribution is 5.63. The van der Waals surface area contributed by atoms with Gasteiger partial charge < -0.3 is 4.74 Å². The molecule has 0 saturated heterocycles. The van der Waals surface area contributed by atoms with E-state index in [1.165, 1.54) is 56.2 Å². The van der Waals surface area contributed by atoms with Crippen molar-refractivity contribution in [2.45, 2.75) is 90.1 Å². The summed E-state index contributed by atoms with van der Waals surface area (Å²) in [7, 11) is 1.83. The number of hydrogen-bond acceptors (Lipinski definition) is 1. The third-order valence-electron chi connectivity index (χ3n) is 6.65. The van der Waals surface area contributed by atoms with Gasteiger partial charge in [-0.3, -0.25) is 0 Å². The number of halogens is 2. The van der Waals surface area contributed by atoms with E-state index >= 15 is 0 Å². The zero-order valence-electron chi connectivity index (χ0n) is 19.1. The van der Waals surface area contributed by atoms with Crippen molar-refractivity contribution in [2.75, 3.05) is 7.11 Å². The standard InChI is InChI=1S/C27H38F2O/c1-5-8-9-10-11-12-13-24(27(6-2,7-3)30-4)22-16-14-21(15-17-22)23-18-19-25(28)26(29)20-23/h14-20,24H,5-13H2,1-4H3. The monoisotopic (exact) mass is 416 g/mol. The number of ether oxygens (including phenoxy) is 1. The lowest BCUT2D eigenvalue weighted by molar-refractivity contribution is -0.0425. The van der Waals surface area contributed by atoms with Crippen LogP contribution in [0.4, 0.5) is 8.78 Å². The topological polar surface area (TPSA) is 9.23 Å². The van der Waals surface area contributed by atoms with E-state index in [-0.39, 0.29) is 5.60 Å². The van der Waals surface area contributed by atoms with Crippen LogP contribution in [0.25, 0.3) is 11.1 Å². The lowest BCUT2D eigenvalue weighted by Gasteiger charge is -2.39. The molecule has 0 aromatic heterocycles. The second-order valence-electron chi connectivity index (χ2n) is 8.34. The summed E-state index contributed by atoms with van der Waals surface area (Å²) in [5, 5.41) is 0. The Balaban J connectivity index is 2.20. The quantitative estimate of drug-likeness (QED) is 0.297. The van der Waals surface area contributed by atoms with Crippen LogP contribution in [0.3, 0.4) is 0 Å². The zero-order valence-corrected chi connectivity index (χ0v) is 19.1. The van der Waals surface area contributed by atoms with Gasteiger partial charge in [0.15, 0.2) is 11.6 Å². The Morgan fingerprint density at radius 1 is 0.767 bits per heavy atom. The maximum Gasteiger partial charge on any atom is 0.159 e. The van der Waals surface area contributed by atoms with Gasteiger partial charge in [-0.15, -0.1) is 0 Å². The van der Waals surface area contributed by atoms with E-state index in [4.69, 9.17) is 4.74 Å². The van der Waals surface area contributed by atoms with Crippen LogP contribution in [0.1, 0.15) is 90.0 Å². The molecule has 0 amide bonds. The van der Waals surface area contributed by atoms with Gasteiger partial charge in [0.2, 0.25) is 0 Å². The summed E-state index contributed by atoms with van der Waals surface area (Å²) in [4.78, 5) is 0. The minimum Gasteiger partial charge on any atom is -0.378 e. The van der Waals surface area contributed by atoms with E-state index in [0.29, 0.717) is 11.5 Å². The molecule has 0 saturated carbocycles. The Morgan fingerprint density at radius 3 is 1.93 bits per heavy atom. The maximum atomic E-state index is 13.6. The summed E-state index contributed by atoms with van der Waals surface area (Å²) in [6.45, 7) is 6.66. The van der Waals surface area contributed by atoms with E-state index in [1.807, 2.05) is 19.2 Å². The van der Waals surface area contributed by atoms with Crippen molar-refractivity contribution in [3.8, 4) is 11.1 Å². The van der Waals surface area contributed by atoms with Crippen LogP contribution < -0.4 is 0 Å². The van der Waals surface area contributed by atoms with E-state index in [9.17, 15) is 8.78 Å². The third kappa shape index (κ3) is 6.14. The fraction of sp³-hybridized carbons (Fsp3) is 0.556. The Hall–Kier alpha value is -1.74. The van der Waals surface area contributed by atoms with Crippen LogP contribution in [0.5, 0.6) is 0 Å². The van der Waals surface area contributed by atoms with Gasteiger partial charge in [0, 0.05) is 13.0 Å². The van der Waals surface area contributed by atoms with Gasteiger partial charge in [0.25, 0.3) is 0 Å². The van der Waals surface area contributed by atoms with Crippen LogP contribution in [-0.2, 0) is 4.74 Å². The molecule has 0 aliphatic carbocycles. The summed E-state index contributed by atoms with van der Waals surface area (Å²) >= 11 is 0. The molecule has 2 rings (SSSR count). The molecule has 0 bridgehead atoms. The van der Waals surface area contributed by atoms with E-state index in [0.717, 1.165) is 24.8 Å². The maximum absolute atomic E-state index is 13.6. The molecular formula is C27H38F2O. The summed E-state index contributed by atoms with van der Waals surface area (Å²) in [6, 6.07) is 12.4. The summed E-state index contributed by atoms with van der Waals surface area (Å²) in [5.41, 5.74) is 2.68. The average Bonchev–Trinajstić information content (AvgIpc) is 2.78. The van der Waals surface area contributed by atoms with Gasteiger partial charge in [-0.1, -0.05) is 89.6 Å². The highest BCUT2D eigenvalue weighted by Gasteiger charge is 2.36. The molecule has 0 aliphatic heterocycles. The normalized spacial score (nSPS) is 12.9. The zero-order chi connectivity index (χ0) is 22.0. The predicted molar refractivity (Wildman–Crippen MR) is 123 cm³/mol. The third-order valence-corrected chi connectivity index (χ3v) is 6.65. The number of unbranched alkanes of at least 4 members (excludes halogenated alkanes) is 5. The highest BCUT2D eigenvalue weighted by atomic mass is 19.2. The first-order chi connectivity index (χ1) is 14.5. The second-order valence-corrected chi connectivity index (χ2v) is 8.34. The molecule has 0 aliphatic rings. The van der Waals surface area contributed by atoms with Gasteiger partial charge in [-0.2, -0.15) is 0 Å². The molecule has 166 valence electrons. The van der Waals surface area contributed by atoms with Crippen LogP contribution in [-0.4, -0.2) is 12.7 Å². The Morgan fingerprint density at radius 2 is 1.37 bits per heavy atom. The molecule has 1 unspecified atom stereocenters. The van der Waals surface area contributed by atoms with Crippen molar-refractivity contribution >= 4 is 0 Å². The Kier molecular flexibility index (Phi) is 9.97. The minimum atomic E-state index is -0.815. The Bertz CT molecular complexity index is 742.